The molecule has 0 bridgehead atoms. The molecule has 0 saturated carbocycles. The van der Waals surface area contributed by atoms with Gasteiger partial charge in [0.1, 0.15) is 0 Å². The summed E-state index contributed by atoms with van der Waals surface area (Å²) in [5.41, 5.74) is 4.70. The number of hydrogen-bond donors (Lipinski definition) is 1. The average Bonchev–Trinajstić information content (AvgIpc) is 3.26. The second-order valence-electron chi connectivity index (χ2n) is 10.1. The van der Waals surface area contributed by atoms with Gasteiger partial charge in [-0.2, -0.15) is 4.98 Å². The summed E-state index contributed by atoms with van der Waals surface area (Å²) in [5, 5.41) is 7.27. The number of piperidine rings is 1. The number of nitrogens with zero attached hydrogens (tertiary/aromatic N) is 3. The molecule has 1 aliphatic heterocycles. The molecule has 1 saturated heterocycles. The van der Waals surface area contributed by atoms with Crippen molar-refractivity contribution >= 4 is 5.91 Å². The van der Waals surface area contributed by atoms with Gasteiger partial charge in [0, 0.05) is 18.0 Å². The lowest BCUT2D eigenvalue weighted by molar-refractivity contribution is -0.126. The molecule has 0 aliphatic carbocycles. The third-order valence-electron chi connectivity index (χ3n) is 6.34. The van der Waals surface area contributed by atoms with Gasteiger partial charge in [-0.25, -0.2) is 0 Å². The average molecular weight is 447 g/mol. The fourth-order valence-corrected chi connectivity index (χ4v) is 4.26. The first-order chi connectivity index (χ1) is 15.8. The highest BCUT2D eigenvalue weighted by molar-refractivity contribution is 5.78. The normalized spacial score (nSPS) is 15.5. The van der Waals surface area contributed by atoms with Crippen molar-refractivity contribution in [2.75, 3.05) is 13.1 Å². The van der Waals surface area contributed by atoms with Gasteiger partial charge in [0.15, 0.2) is 0 Å². The fourth-order valence-electron chi connectivity index (χ4n) is 4.26. The van der Waals surface area contributed by atoms with E-state index in [2.05, 4.69) is 84.5 Å². The first-order valence-corrected chi connectivity index (χ1v) is 11.8. The minimum atomic E-state index is 0.0608. The van der Waals surface area contributed by atoms with Gasteiger partial charge < -0.3 is 9.84 Å². The van der Waals surface area contributed by atoms with Crippen LogP contribution in [0.1, 0.15) is 56.2 Å². The predicted octanol–water partition coefficient (Wildman–Crippen LogP) is 4.87. The number of aryl methyl sites for hydroxylation is 1. The van der Waals surface area contributed by atoms with E-state index in [1.54, 1.807) is 0 Å². The van der Waals surface area contributed by atoms with Crippen molar-refractivity contribution in [3.05, 3.63) is 71.1 Å². The van der Waals surface area contributed by atoms with E-state index in [4.69, 9.17) is 4.52 Å². The van der Waals surface area contributed by atoms with E-state index in [0.29, 0.717) is 24.8 Å². The summed E-state index contributed by atoms with van der Waals surface area (Å²) in [6.07, 6.45) is 1.68. The van der Waals surface area contributed by atoms with Gasteiger partial charge in [-0.3, -0.25) is 9.69 Å². The monoisotopic (exact) mass is 446 g/mol. The lowest BCUT2D eigenvalue weighted by atomic mass is 9.87. The number of likely N-dealkylation sites (tertiary alicyclic amines) is 1. The Bertz CT molecular complexity index is 1070. The Labute approximate surface area is 196 Å². The molecule has 33 heavy (non-hydrogen) atoms. The minimum absolute atomic E-state index is 0.0608. The lowest BCUT2D eigenvalue weighted by Crippen LogP contribution is -2.40. The van der Waals surface area contributed by atoms with Crippen LogP contribution < -0.4 is 5.32 Å². The quantitative estimate of drug-likeness (QED) is 0.585. The Morgan fingerprint density at radius 1 is 1.12 bits per heavy atom. The largest absolute Gasteiger partial charge is 0.352 e. The summed E-state index contributed by atoms with van der Waals surface area (Å²) in [6, 6.07) is 16.6. The van der Waals surface area contributed by atoms with Crippen molar-refractivity contribution in [2.45, 2.75) is 59.0 Å². The van der Waals surface area contributed by atoms with Crippen LogP contribution in [0.2, 0.25) is 0 Å². The molecule has 0 atom stereocenters. The summed E-state index contributed by atoms with van der Waals surface area (Å²) in [4.78, 5) is 19.5. The molecule has 1 aromatic heterocycles. The number of hydrogen-bond acceptors (Lipinski definition) is 5. The molecular formula is C27H34N4O2. The number of benzene rings is 2. The molecule has 4 rings (SSSR count). The molecular weight excluding hydrogens is 412 g/mol. The summed E-state index contributed by atoms with van der Waals surface area (Å²) in [7, 11) is 0. The van der Waals surface area contributed by atoms with E-state index in [-0.39, 0.29) is 17.2 Å². The molecule has 0 unspecified atom stereocenters. The highest BCUT2D eigenvalue weighted by atomic mass is 16.5. The van der Waals surface area contributed by atoms with Crippen LogP contribution in [0, 0.1) is 12.8 Å². The van der Waals surface area contributed by atoms with Crippen LogP contribution in [0.25, 0.3) is 11.4 Å². The van der Waals surface area contributed by atoms with Crippen molar-refractivity contribution < 1.29 is 9.32 Å². The van der Waals surface area contributed by atoms with Gasteiger partial charge in [0.05, 0.1) is 6.54 Å². The maximum absolute atomic E-state index is 12.6. The van der Waals surface area contributed by atoms with Gasteiger partial charge in [0.25, 0.3) is 0 Å². The first-order valence-electron chi connectivity index (χ1n) is 11.8. The van der Waals surface area contributed by atoms with Crippen LogP contribution in [0.5, 0.6) is 0 Å². The minimum Gasteiger partial charge on any atom is -0.352 e. The third kappa shape index (κ3) is 6.08. The van der Waals surface area contributed by atoms with Crippen LogP contribution in [0.15, 0.2) is 53.1 Å². The molecule has 2 heterocycles. The molecule has 0 radical (unpaired) electrons. The van der Waals surface area contributed by atoms with Gasteiger partial charge in [-0.15, -0.1) is 0 Å². The van der Waals surface area contributed by atoms with Crippen LogP contribution >= 0.6 is 0 Å². The number of rotatable bonds is 6. The maximum atomic E-state index is 12.6. The molecule has 1 N–H and O–H groups in total. The van der Waals surface area contributed by atoms with Crippen LogP contribution in [-0.4, -0.2) is 34.0 Å². The third-order valence-corrected chi connectivity index (χ3v) is 6.34. The summed E-state index contributed by atoms with van der Waals surface area (Å²) < 4.78 is 5.51. The van der Waals surface area contributed by atoms with Gasteiger partial charge in [-0.1, -0.05) is 80.0 Å². The zero-order valence-electron chi connectivity index (χ0n) is 20.1. The first kappa shape index (κ1) is 23.2. The standard InChI is InChI=1S/C27H34N4O2/c1-19-6-5-7-20(16-19)17-28-26(32)22-12-14-31(15-13-22)18-24-29-25(30-33-24)21-8-10-23(11-9-21)27(2,3)4/h5-11,16,22H,12-15,17-18H2,1-4H3,(H,28,32). The van der Waals surface area contributed by atoms with Crippen molar-refractivity contribution in [2.24, 2.45) is 5.92 Å². The van der Waals surface area contributed by atoms with E-state index >= 15 is 0 Å². The maximum Gasteiger partial charge on any atom is 0.241 e. The van der Waals surface area contributed by atoms with Crippen LogP contribution in [-0.2, 0) is 23.3 Å². The topological polar surface area (TPSA) is 71.3 Å². The lowest BCUT2D eigenvalue weighted by Gasteiger charge is -2.30. The second-order valence-corrected chi connectivity index (χ2v) is 10.1. The van der Waals surface area contributed by atoms with Crippen molar-refractivity contribution in [1.29, 1.82) is 0 Å². The number of amides is 1. The highest BCUT2D eigenvalue weighted by Gasteiger charge is 2.26. The Morgan fingerprint density at radius 3 is 2.52 bits per heavy atom. The molecule has 174 valence electrons. The summed E-state index contributed by atoms with van der Waals surface area (Å²) >= 11 is 0. The number of carbonyl (C=O) groups excluding carboxylic acids is 1. The van der Waals surface area contributed by atoms with E-state index in [9.17, 15) is 4.79 Å². The van der Waals surface area contributed by atoms with Gasteiger partial charge in [-0.05, 0) is 49.4 Å². The Hall–Kier alpha value is -2.99. The highest BCUT2D eigenvalue weighted by Crippen LogP contribution is 2.25. The molecule has 2 aromatic carbocycles. The Kier molecular flexibility index (Phi) is 6.94. The van der Waals surface area contributed by atoms with Crippen molar-refractivity contribution in [3.63, 3.8) is 0 Å². The van der Waals surface area contributed by atoms with E-state index in [1.807, 2.05) is 12.1 Å². The van der Waals surface area contributed by atoms with Crippen LogP contribution in [0.3, 0.4) is 0 Å². The zero-order valence-corrected chi connectivity index (χ0v) is 20.1. The van der Waals surface area contributed by atoms with E-state index < -0.39 is 0 Å². The second kappa shape index (κ2) is 9.87. The number of carbonyl (C=O) groups is 1. The molecule has 1 aliphatic rings. The summed E-state index contributed by atoms with van der Waals surface area (Å²) in [5.74, 6) is 1.45. The molecule has 6 nitrogen and oxygen atoms in total. The van der Waals surface area contributed by atoms with E-state index in [0.717, 1.165) is 37.1 Å². The zero-order chi connectivity index (χ0) is 23.4. The fraction of sp³-hybridized carbons (Fsp3) is 0.444. The van der Waals surface area contributed by atoms with Crippen molar-refractivity contribution in [1.82, 2.24) is 20.4 Å². The molecule has 6 heteroatoms. The smallest absolute Gasteiger partial charge is 0.241 e. The molecule has 3 aromatic rings. The van der Waals surface area contributed by atoms with Crippen LogP contribution in [0.4, 0.5) is 0 Å². The van der Waals surface area contributed by atoms with E-state index in [1.165, 1.54) is 11.1 Å². The Balaban J connectivity index is 1.25. The Morgan fingerprint density at radius 2 is 1.85 bits per heavy atom. The van der Waals surface area contributed by atoms with Gasteiger partial charge >= 0.3 is 0 Å². The predicted molar refractivity (Wildman–Crippen MR) is 129 cm³/mol. The van der Waals surface area contributed by atoms with Crippen molar-refractivity contribution in [3.8, 4) is 11.4 Å². The number of aromatic nitrogens is 2. The van der Waals surface area contributed by atoms with Gasteiger partial charge in [0.2, 0.25) is 17.6 Å². The molecule has 1 fully saturated rings. The molecule has 0 spiro atoms. The SMILES string of the molecule is Cc1cccc(CNC(=O)C2CCN(Cc3nc(-c4ccc(C(C)(C)C)cc4)no3)CC2)c1. The molecule has 1 amide bonds. The number of nitrogens with one attached hydrogen (secondary N) is 1. The summed E-state index contributed by atoms with van der Waals surface area (Å²) in [6.45, 7) is 11.6.